The van der Waals surface area contributed by atoms with Crippen LogP contribution in [0.15, 0.2) is 77.4 Å². The van der Waals surface area contributed by atoms with E-state index in [1.807, 2.05) is 54.6 Å². The number of furan rings is 1. The second kappa shape index (κ2) is 13.2. The molecule has 0 aliphatic carbocycles. The molecule has 0 saturated carbocycles. The first-order chi connectivity index (χ1) is 18.0. The van der Waals surface area contributed by atoms with Crippen LogP contribution in [0, 0.1) is 0 Å². The summed E-state index contributed by atoms with van der Waals surface area (Å²) in [6.45, 7) is -0.0318. The van der Waals surface area contributed by atoms with Gasteiger partial charge in [0, 0.05) is 6.42 Å². The lowest BCUT2D eigenvalue weighted by Crippen LogP contribution is -2.44. The molecule has 0 radical (unpaired) electrons. The van der Waals surface area contributed by atoms with Crippen molar-refractivity contribution in [3.8, 4) is 5.75 Å². The summed E-state index contributed by atoms with van der Waals surface area (Å²) in [5.74, 6) is 0.899. The van der Waals surface area contributed by atoms with E-state index in [9.17, 15) is 20.4 Å². The molecule has 0 bridgehead atoms. The average molecular weight is 515 g/mol. The van der Waals surface area contributed by atoms with Gasteiger partial charge >= 0.3 is 0 Å². The van der Waals surface area contributed by atoms with Crippen LogP contribution in [0.5, 0.6) is 5.75 Å². The van der Waals surface area contributed by atoms with Crippen molar-refractivity contribution >= 4 is 0 Å². The van der Waals surface area contributed by atoms with Gasteiger partial charge in [0.25, 0.3) is 0 Å². The zero-order valence-corrected chi connectivity index (χ0v) is 20.6. The standard InChI is InChI=1S/C28H34O9/c1-33-21-11-9-19(10-12-21)17-36-28-26(35-16-18-6-3-2-4-7-18)23(14-20(30)15-29)37-27(28)25(32)24(31)22-8-5-13-34-22/h2-13,20,23-32H,14-17H2,1H3/t20?,23-,24+,25-,26+,27+,28-/m1/s1. The van der Waals surface area contributed by atoms with E-state index in [0.29, 0.717) is 5.75 Å². The summed E-state index contributed by atoms with van der Waals surface area (Å²) in [6, 6.07) is 20.1. The third kappa shape index (κ3) is 6.97. The molecule has 4 rings (SSSR count). The number of benzene rings is 2. The van der Waals surface area contributed by atoms with Gasteiger partial charge in [-0.2, -0.15) is 0 Å². The molecule has 0 amide bonds. The minimum atomic E-state index is -1.41. The van der Waals surface area contributed by atoms with Crippen molar-refractivity contribution in [2.75, 3.05) is 13.7 Å². The van der Waals surface area contributed by atoms with Crippen LogP contribution < -0.4 is 4.74 Å². The second-order valence-corrected chi connectivity index (χ2v) is 9.05. The Labute approximate surface area is 215 Å². The Morgan fingerprint density at radius 3 is 2.14 bits per heavy atom. The SMILES string of the molecule is COc1ccc(CO[C@@H]2[C@@H](OCc3ccccc3)[C@@H](CC(O)CO)O[C@H]2[C@H](O)[C@@H](O)c2ccco2)cc1. The van der Waals surface area contributed by atoms with Crippen LogP contribution in [0.2, 0.25) is 0 Å². The molecule has 1 saturated heterocycles. The number of hydrogen-bond donors (Lipinski definition) is 4. The van der Waals surface area contributed by atoms with Crippen LogP contribution in [0.1, 0.15) is 29.4 Å². The van der Waals surface area contributed by atoms with Gasteiger partial charge in [-0.25, -0.2) is 0 Å². The number of aliphatic hydroxyl groups is 4. The number of ether oxygens (including phenoxy) is 4. The van der Waals surface area contributed by atoms with Gasteiger partial charge in [0.2, 0.25) is 0 Å². The van der Waals surface area contributed by atoms with Crippen molar-refractivity contribution in [1.29, 1.82) is 0 Å². The molecule has 1 unspecified atom stereocenters. The maximum atomic E-state index is 11.1. The van der Waals surface area contributed by atoms with Crippen molar-refractivity contribution < 1.29 is 43.8 Å². The molecule has 37 heavy (non-hydrogen) atoms. The highest BCUT2D eigenvalue weighted by Crippen LogP contribution is 2.36. The third-order valence-corrected chi connectivity index (χ3v) is 6.44. The molecular weight excluding hydrogens is 480 g/mol. The van der Waals surface area contributed by atoms with Gasteiger partial charge in [-0.3, -0.25) is 0 Å². The van der Waals surface area contributed by atoms with E-state index < -0.39 is 49.3 Å². The lowest BCUT2D eigenvalue weighted by atomic mass is 9.97. The van der Waals surface area contributed by atoms with E-state index in [1.54, 1.807) is 19.2 Å². The summed E-state index contributed by atoms with van der Waals surface area (Å²) in [5.41, 5.74) is 1.79. The van der Waals surface area contributed by atoms with Crippen molar-refractivity contribution in [2.45, 2.75) is 62.4 Å². The molecular formula is C28H34O9. The van der Waals surface area contributed by atoms with E-state index >= 15 is 0 Å². The third-order valence-electron chi connectivity index (χ3n) is 6.44. The zero-order chi connectivity index (χ0) is 26.2. The zero-order valence-electron chi connectivity index (χ0n) is 20.6. The number of aliphatic hydroxyl groups excluding tert-OH is 4. The van der Waals surface area contributed by atoms with E-state index in [4.69, 9.17) is 23.4 Å². The Bertz CT molecular complexity index is 1040. The van der Waals surface area contributed by atoms with Crippen molar-refractivity contribution in [2.24, 2.45) is 0 Å². The molecule has 7 atom stereocenters. The fourth-order valence-corrected chi connectivity index (χ4v) is 4.44. The molecule has 1 aliphatic heterocycles. The number of hydrogen-bond acceptors (Lipinski definition) is 9. The highest BCUT2D eigenvalue weighted by molar-refractivity contribution is 5.26. The van der Waals surface area contributed by atoms with E-state index in [0.717, 1.165) is 11.1 Å². The van der Waals surface area contributed by atoms with Gasteiger partial charge in [-0.05, 0) is 35.4 Å². The second-order valence-electron chi connectivity index (χ2n) is 9.05. The van der Waals surface area contributed by atoms with Crippen molar-refractivity contribution in [3.63, 3.8) is 0 Å². The molecule has 1 aromatic heterocycles. The molecule has 2 heterocycles. The van der Waals surface area contributed by atoms with Gasteiger partial charge in [-0.1, -0.05) is 42.5 Å². The molecule has 200 valence electrons. The van der Waals surface area contributed by atoms with Gasteiger partial charge < -0.3 is 43.8 Å². The molecule has 2 aromatic carbocycles. The Morgan fingerprint density at radius 2 is 1.51 bits per heavy atom. The first kappa shape index (κ1) is 27.3. The summed E-state index contributed by atoms with van der Waals surface area (Å²) in [6.07, 6.45) is -5.60. The first-order valence-corrected chi connectivity index (χ1v) is 12.2. The molecule has 9 heteroatoms. The number of rotatable bonds is 13. The van der Waals surface area contributed by atoms with Gasteiger partial charge in [0.05, 0.1) is 45.4 Å². The van der Waals surface area contributed by atoms with E-state index in [1.165, 1.54) is 6.26 Å². The van der Waals surface area contributed by atoms with Crippen molar-refractivity contribution in [1.82, 2.24) is 0 Å². The van der Waals surface area contributed by atoms with Gasteiger partial charge in [-0.15, -0.1) is 0 Å². The molecule has 0 spiro atoms. The summed E-state index contributed by atoms with van der Waals surface area (Å²) in [5, 5.41) is 41.6. The normalized spacial score (nSPS) is 24.0. The maximum Gasteiger partial charge on any atom is 0.140 e. The smallest absolute Gasteiger partial charge is 0.140 e. The average Bonchev–Trinajstić information content (AvgIpc) is 3.59. The van der Waals surface area contributed by atoms with Gasteiger partial charge in [0.15, 0.2) is 0 Å². The Kier molecular flexibility index (Phi) is 9.70. The van der Waals surface area contributed by atoms with Crippen LogP contribution >= 0.6 is 0 Å². The van der Waals surface area contributed by atoms with Crippen LogP contribution in [0.4, 0.5) is 0 Å². The monoisotopic (exact) mass is 514 g/mol. The summed E-state index contributed by atoms with van der Waals surface area (Å²) in [4.78, 5) is 0. The lowest BCUT2D eigenvalue weighted by Gasteiger charge is -2.28. The Morgan fingerprint density at radius 1 is 0.838 bits per heavy atom. The first-order valence-electron chi connectivity index (χ1n) is 12.2. The van der Waals surface area contributed by atoms with Crippen molar-refractivity contribution in [3.05, 3.63) is 89.9 Å². The predicted octanol–water partition coefficient (Wildman–Crippen LogP) is 2.36. The Balaban J connectivity index is 1.58. The summed E-state index contributed by atoms with van der Waals surface area (Å²) >= 11 is 0. The topological polar surface area (TPSA) is 131 Å². The molecule has 4 N–H and O–H groups in total. The van der Waals surface area contributed by atoms with Crippen LogP contribution in [0.25, 0.3) is 0 Å². The fraction of sp³-hybridized carbons (Fsp3) is 0.429. The maximum absolute atomic E-state index is 11.1. The quantitative estimate of drug-likeness (QED) is 0.271. The highest BCUT2D eigenvalue weighted by Gasteiger charge is 2.51. The highest BCUT2D eigenvalue weighted by atomic mass is 16.6. The minimum absolute atomic E-state index is 0.0540. The van der Waals surface area contributed by atoms with Crippen LogP contribution in [-0.4, -0.2) is 70.8 Å². The predicted molar refractivity (Wildman–Crippen MR) is 133 cm³/mol. The van der Waals surface area contributed by atoms with E-state index in [-0.39, 0.29) is 25.4 Å². The van der Waals surface area contributed by atoms with E-state index in [2.05, 4.69) is 0 Å². The Hall–Kier alpha value is -2.76. The largest absolute Gasteiger partial charge is 0.497 e. The molecule has 3 aromatic rings. The van der Waals surface area contributed by atoms with Crippen LogP contribution in [-0.2, 0) is 27.4 Å². The molecule has 9 nitrogen and oxygen atoms in total. The fourth-order valence-electron chi connectivity index (χ4n) is 4.44. The summed E-state index contributed by atoms with van der Waals surface area (Å²) < 4.78 is 29.2. The minimum Gasteiger partial charge on any atom is -0.497 e. The molecule has 1 aliphatic rings. The summed E-state index contributed by atoms with van der Waals surface area (Å²) in [7, 11) is 1.59. The van der Waals surface area contributed by atoms with Crippen LogP contribution in [0.3, 0.4) is 0 Å². The lowest BCUT2D eigenvalue weighted by molar-refractivity contribution is -0.132. The molecule has 1 fully saturated rings. The van der Waals surface area contributed by atoms with Gasteiger partial charge in [0.1, 0.15) is 42.0 Å². The number of methoxy groups -OCH3 is 1.